The van der Waals surface area contributed by atoms with Gasteiger partial charge in [0.15, 0.2) is 5.13 Å². The van der Waals surface area contributed by atoms with Crippen molar-refractivity contribution in [3.63, 3.8) is 0 Å². The summed E-state index contributed by atoms with van der Waals surface area (Å²) in [5, 5.41) is 9.84. The van der Waals surface area contributed by atoms with Crippen molar-refractivity contribution in [3.8, 4) is 0 Å². The summed E-state index contributed by atoms with van der Waals surface area (Å²) in [7, 11) is -3.75. The molecule has 0 fully saturated rings. The predicted octanol–water partition coefficient (Wildman–Crippen LogP) is 1.37. The van der Waals surface area contributed by atoms with Gasteiger partial charge < -0.3 is 0 Å². The number of aryl methyl sites for hydroxylation is 1. The van der Waals surface area contributed by atoms with Gasteiger partial charge in [-0.1, -0.05) is 17.7 Å². The van der Waals surface area contributed by atoms with E-state index in [-0.39, 0.29) is 15.7 Å². The molecule has 0 saturated heterocycles. The largest absolute Gasteiger partial charge is 0.294 e. The molecule has 0 unspecified atom stereocenters. The van der Waals surface area contributed by atoms with E-state index in [9.17, 15) is 13.2 Å². The average molecular weight is 313 g/mol. The van der Waals surface area contributed by atoms with Gasteiger partial charge in [0.05, 0.1) is 4.90 Å². The summed E-state index contributed by atoms with van der Waals surface area (Å²) in [6.45, 7) is 1.85. The number of benzene rings is 1. The van der Waals surface area contributed by atoms with Crippen molar-refractivity contribution in [1.82, 2.24) is 10.5 Å². The summed E-state index contributed by atoms with van der Waals surface area (Å²) in [4.78, 5) is 15.0. The molecule has 1 amide bonds. The highest BCUT2D eigenvalue weighted by Crippen LogP contribution is 2.20. The lowest BCUT2D eigenvalue weighted by Crippen LogP contribution is -2.19. The zero-order valence-corrected chi connectivity index (χ0v) is 12.0. The van der Waals surface area contributed by atoms with E-state index < -0.39 is 15.9 Å². The first-order valence-electron chi connectivity index (χ1n) is 5.42. The summed E-state index contributed by atoms with van der Waals surface area (Å²) in [6, 6.07) is 6.32. The molecule has 1 aromatic carbocycles. The van der Waals surface area contributed by atoms with E-state index in [1.165, 1.54) is 23.0 Å². The van der Waals surface area contributed by atoms with Crippen LogP contribution in [0.3, 0.4) is 0 Å². The van der Waals surface area contributed by atoms with Crippen LogP contribution in [0.4, 0.5) is 5.13 Å². The van der Waals surface area contributed by atoms with Crippen molar-refractivity contribution in [3.05, 3.63) is 40.9 Å². The number of hydrogen-bond donors (Lipinski definition) is 3. The molecule has 20 heavy (non-hydrogen) atoms. The van der Waals surface area contributed by atoms with Crippen LogP contribution in [-0.4, -0.2) is 24.5 Å². The highest BCUT2D eigenvalue weighted by atomic mass is 32.2. The minimum absolute atomic E-state index is 0.0455. The first kappa shape index (κ1) is 14.4. The molecule has 3 N–H and O–H groups in total. The third-order valence-electron chi connectivity index (χ3n) is 2.39. The second kappa shape index (κ2) is 5.57. The number of carbonyl (C=O) groups excluding carboxylic acids is 1. The van der Waals surface area contributed by atoms with Crippen molar-refractivity contribution in [2.75, 3.05) is 4.72 Å². The van der Waals surface area contributed by atoms with Gasteiger partial charge in [-0.15, -0.1) is 11.3 Å². The van der Waals surface area contributed by atoms with Gasteiger partial charge in [0, 0.05) is 5.38 Å². The number of nitrogens with zero attached hydrogens (tertiary/aromatic N) is 1. The zero-order valence-electron chi connectivity index (χ0n) is 10.3. The number of hydroxylamine groups is 1. The Morgan fingerprint density at radius 2 is 1.95 bits per heavy atom. The van der Waals surface area contributed by atoms with Gasteiger partial charge in [0.2, 0.25) is 0 Å². The Hall–Kier alpha value is -1.97. The Morgan fingerprint density at radius 3 is 2.55 bits per heavy atom. The molecule has 106 valence electrons. The number of aromatic nitrogens is 1. The van der Waals surface area contributed by atoms with Gasteiger partial charge in [-0.25, -0.2) is 18.9 Å². The Morgan fingerprint density at radius 1 is 1.30 bits per heavy atom. The molecule has 0 spiro atoms. The van der Waals surface area contributed by atoms with E-state index in [1.807, 2.05) is 6.92 Å². The van der Waals surface area contributed by atoms with Gasteiger partial charge in [0.25, 0.3) is 15.9 Å². The lowest BCUT2D eigenvalue weighted by molar-refractivity contribution is 0.0701. The van der Waals surface area contributed by atoms with Crippen molar-refractivity contribution >= 4 is 32.4 Å². The maximum Gasteiger partial charge on any atom is 0.294 e. The van der Waals surface area contributed by atoms with Crippen molar-refractivity contribution in [1.29, 1.82) is 0 Å². The third-order valence-corrected chi connectivity index (χ3v) is 4.63. The topological polar surface area (TPSA) is 108 Å². The van der Waals surface area contributed by atoms with E-state index >= 15 is 0 Å². The maximum absolute atomic E-state index is 12.1. The van der Waals surface area contributed by atoms with Crippen LogP contribution in [-0.2, 0) is 10.0 Å². The Kier molecular flexibility index (Phi) is 4.02. The molecule has 0 aliphatic rings. The molecule has 0 bridgehead atoms. The number of rotatable bonds is 4. The van der Waals surface area contributed by atoms with Crippen molar-refractivity contribution in [2.24, 2.45) is 0 Å². The van der Waals surface area contributed by atoms with Gasteiger partial charge in [-0.2, -0.15) is 0 Å². The van der Waals surface area contributed by atoms with Crippen molar-refractivity contribution in [2.45, 2.75) is 11.8 Å². The van der Waals surface area contributed by atoms with Gasteiger partial charge in [0.1, 0.15) is 5.69 Å². The number of thiazole rings is 1. The SMILES string of the molecule is Cc1ccc(S(=O)(=O)Nc2nc(C(=O)NO)cs2)cc1. The lowest BCUT2D eigenvalue weighted by atomic mass is 10.2. The first-order valence-corrected chi connectivity index (χ1v) is 7.78. The standard InChI is InChI=1S/C11H11N3O4S2/c1-7-2-4-8(5-3-7)20(17,18)14-11-12-9(6-19-11)10(15)13-16/h2-6,16H,1H3,(H,12,14)(H,13,15). The first-order chi connectivity index (χ1) is 9.42. The molecule has 2 aromatic rings. The van der Waals surface area contributed by atoms with Crippen LogP contribution < -0.4 is 10.2 Å². The smallest absolute Gasteiger partial charge is 0.288 e. The second-order valence-corrected chi connectivity index (χ2v) is 6.44. The molecule has 1 aromatic heterocycles. The van der Waals surface area contributed by atoms with Crippen LogP contribution in [0.15, 0.2) is 34.5 Å². The average Bonchev–Trinajstić information content (AvgIpc) is 2.86. The number of anilines is 1. The molecule has 0 aliphatic carbocycles. The van der Waals surface area contributed by atoms with Crippen LogP contribution >= 0.6 is 11.3 Å². The zero-order chi connectivity index (χ0) is 14.8. The molecule has 0 aliphatic heterocycles. The normalized spacial score (nSPS) is 11.1. The summed E-state index contributed by atoms with van der Waals surface area (Å²) in [6.07, 6.45) is 0. The van der Waals surface area contributed by atoms with E-state index in [0.717, 1.165) is 16.9 Å². The maximum atomic E-state index is 12.1. The van der Waals surface area contributed by atoms with Crippen molar-refractivity contribution < 1.29 is 18.4 Å². The number of nitrogens with one attached hydrogen (secondary N) is 2. The summed E-state index contributed by atoms with van der Waals surface area (Å²) in [5.74, 6) is -0.804. The molecule has 0 saturated carbocycles. The molecular formula is C11H11N3O4S2. The van der Waals surface area contributed by atoms with Gasteiger partial charge in [-0.3, -0.25) is 14.7 Å². The number of carbonyl (C=O) groups is 1. The lowest BCUT2D eigenvalue weighted by Gasteiger charge is -2.05. The summed E-state index contributed by atoms with van der Waals surface area (Å²) in [5.41, 5.74) is 2.30. The van der Waals surface area contributed by atoms with Crippen LogP contribution in [0, 0.1) is 6.92 Å². The van der Waals surface area contributed by atoms with Gasteiger partial charge in [-0.05, 0) is 19.1 Å². The minimum Gasteiger partial charge on any atom is -0.288 e. The predicted molar refractivity (Wildman–Crippen MR) is 73.4 cm³/mol. The Bertz CT molecular complexity index is 722. The minimum atomic E-state index is -3.75. The van der Waals surface area contributed by atoms with Crippen LogP contribution in [0.25, 0.3) is 0 Å². The highest BCUT2D eigenvalue weighted by Gasteiger charge is 2.17. The molecule has 2 rings (SSSR count). The van der Waals surface area contributed by atoms with E-state index in [0.29, 0.717) is 0 Å². The van der Waals surface area contributed by atoms with Crippen LogP contribution in [0.2, 0.25) is 0 Å². The fourth-order valence-corrected chi connectivity index (χ4v) is 3.32. The van der Waals surface area contributed by atoms with Crippen LogP contribution in [0.1, 0.15) is 16.1 Å². The van der Waals surface area contributed by atoms with Crippen LogP contribution in [0.5, 0.6) is 0 Å². The van der Waals surface area contributed by atoms with E-state index in [4.69, 9.17) is 5.21 Å². The number of sulfonamides is 1. The number of amides is 1. The molecule has 7 nitrogen and oxygen atoms in total. The fraction of sp³-hybridized carbons (Fsp3) is 0.0909. The molecular weight excluding hydrogens is 302 g/mol. The van der Waals surface area contributed by atoms with E-state index in [1.54, 1.807) is 12.1 Å². The summed E-state index contributed by atoms with van der Waals surface area (Å²) >= 11 is 0.945. The fourth-order valence-electron chi connectivity index (χ4n) is 1.37. The van der Waals surface area contributed by atoms with Gasteiger partial charge >= 0.3 is 0 Å². The Balaban J connectivity index is 2.22. The molecule has 0 radical (unpaired) electrons. The quantitative estimate of drug-likeness (QED) is 0.583. The summed E-state index contributed by atoms with van der Waals surface area (Å²) < 4.78 is 26.4. The number of hydrogen-bond acceptors (Lipinski definition) is 6. The third kappa shape index (κ3) is 3.13. The second-order valence-electron chi connectivity index (χ2n) is 3.90. The molecule has 0 atom stereocenters. The highest BCUT2D eigenvalue weighted by molar-refractivity contribution is 7.93. The molecule has 9 heteroatoms. The van der Waals surface area contributed by atoms with E-state index in [2.05, 4.69) is 9.71 Å². The monoisotopic (exact) mass is 313 g/mol. The Labute approximate surface area is 119 Å². The molecule has 1 heterocycles.